The van der Waals surface area contributed by atoms with E-state index < -0.39 is 0 Å². The molecule has 2 aromatic rings. The van der Waals surface area contributed by atoms with Gasteiger partial charge in [-0.3, -0.25) is 9.69 Å². The number of ether oxygens (including phenoxy) is 1. The third-order valence-electron chi connectivity index (χ3n) is 5.48. The number of likely N-dealkylation sites (N-methyl/N-ethyl adjacent to an activating group) is 1. The van der Waals surface area contributed by atoms with E-state index in [1.54, 1.807) is 7.11 Å². The van der Waals surface area contributed by atoms with Crippen molar-refractivity contribution in [3.8, 4) is 5.75 Å². The van der Waals surface area contributed by atoms with Crippen LogP contribution in [0.15, 0.2) is 30.3 Å². The summed E-state index contributed by atoms with van der Waals surface area (Å²) < 4.78 is 5.43. The Morgan fingerprint density at radius 2 is 2.17 bits per heavy atom. The second-order valence-electron chi connectivity index (χ2n) is 6.89. The normalized spacial score (nSPS) is 24.4. The monoisotopic (exact) mass is 325 g/mol. The molecule has 4 rings (SSSR count). The van der Waals surface area contributed by atoms with Crippen LogP contribution >= 0.6 is 0 Å². The second-order valence-corrected chi connectivity index (χ2v) is 6.89. The molecule has 2 aliphatic rings. The zero-order valence-corrected chi connectivity index (χ0v) is 14.2. The summed E-state index contributed by atoms with van der Waals surface area (Å²) in [6, 6.07) is 10.6. The molecule has 0 saturated carbocycles. The van der Waals surface area contributed by atoms with Gasteiger partial charge in [-0.15, -0.1) is 0 Å². The van der Waals surface area contributed by atoms with Gasteiger partial charge in [-0.2, -0.15) is 0 Å². The van der Waals surface area contributed by atoms with Crippen LogP contribution in [-0.4, -0.2) is 54.0 Å². The van der Waals surface area contributed by atoms with Crippen molar-refractivity contribution in [3.63, 3.8) is 0 Å². The standard InChI is InChI=1S/C19H23N3O2/c1-21-16-12-22(9-8-14(16)10-18(21)23)11-15-7-6-13-4-3-5-17(24-2)19(13)20-15/h3-7,14,16H,8-12H2,1-2H3/t14-,16-/m1/s1. The number of benzene rings is 1. The predicted octanol–water partition coefficient (Wildman–Crippen LogP) is 2.30. The molecule has 1 amide bonds. The van der Waals surface area contributed by atoms with Crippen molar-refractivity contribution in [2.45, 2.75) is 25.4 Å². The molecule has 24 heavy (non-hydrogen) atoms. The average Bonchev–Trinajstić information content (AvgIpc) is 2.89. The zero-order chi connectivity index (χ0) is 16.7. The molecule has 0 bridgehead atoms. The second kappa shape index (κ2) is 6.06. The fourth-order valence-electron chi connectivity index (χ4n) is 4.06. The van der Waals surface area contributed by atoms with Crippen LogP contribution in [0.5, 0.6) is 5.75 Å². The lowest BCUT2D eigenvalue weighted by atomic mass is 9.92. The molecule has 0 aliphatic carbocycles. The number of pyridine rings is 1. The predicted molar refractivity (Wildman–Crippen MR) is 92.9 cm³/mol. The van der Waals surface area contributed by atoms with Crippen LogP contribution in [0, 0.1) is 5.92 Å². The van der Waals surface area contributed by atoms with Crippen LogP contribution in [0.1, 0.15) is 18.5 Å². The van der Waals surface area contributed by atoms with Gasteiger partial charge in [-0.05, 0) is 31.0 Å². The first-order chi connectivity index (χ1) is 11.7. The van der Waals surface area contributed by atoms with Crippen LogP contribution in [0.25, 0.3) is 10.9 Å². The zero-order valence-electron chi connectivity index (χ0n) is 14.2. The molecular weight excluding hydrogens is 302 g/mol. The van der Waals surface area contributed by atoms with Gasteiger partial charge in [0.05, 0.1) is 12.8 Å². The first kappa shape index (κ1) is 15.4. The van der Waals surface area contributed by atoms with E-state index in [1.807, 2.05) is 24.1 Å². The minimum atomic E-state index is 0.292. The Kier molecular flexibility index (Phi) is 3.88. The van der Waals surface area contributed by atoms with Crippen molar-refractivity contribution in [2.24, 2.45) is 5.92 Å². The number of likely N-dealkylation sites (tertiary alicyclic amines) is 2. The number of fused-ring (bicyclic) bond motifs is 2. The van der Waals surface area contributed by atoms with Crippen molar-refractivity contribution in [3.05, 3.63) is 36.0 Å². The van der Waals surface area contributed by atoms with Crippen LogP contribution in [0.2, 0.25) is 0 Å². The molecule has 0 spiro atoms. The molecule has 5 heteroatoms. The quantitative estimate of drug-likeness (QED) is 0.869. The number of carbonyl (C=O) groups excluding carboxylic acids is 1. The van der Waals surface area contributed by atoms with E-state index in [2.05, 4.69) is 23.1 Å². The fraction of sp³-hybridized carbons (Fsp3) is 0.474. The molecule has 0 unspecified atom stereocenters. The average molecular weight is 325 g/mol. The van der Waals surface area contributed by atoms with Crippen molar-refractivity contribution in [1.29, 1.82) is 0 Å². The van der Waals surface area contributed by atoms with Gasteiger partial charge in [0.15, 0.2) is 0 Å². The number of nitrogens with zero attached hydrogens (tertiary/aromatic N) is 3. The van der Waals surface area contributed by atoms with Crippen LogP contribution in [0.3, 0.4) is 0 Å². The summed E-state index contributed by atoms with van der Waals surface area (Å²) in [5.41, 5.74) is 1.97. The third kappa shape index (κ3) is 2.63. The van der Waals surface area contributed by atoms with E-state index in [4.69, 9.17) is 9.72 Å². The summed E-state index contributed by atoms with van der Waals surface area (Å²) in [5.74, 6) is 1.64. The van der Waals surface area contributed by atoms with Gasteiger partial charge in [0.1, 0.15) is 11.3 Å². The van der Waals surface area contributed by atoms with E-state index in [0.29, 0.717) is 17.9 Å². The van der Waals surface area contributed by atoms with Crippen molar-refractivity contribution in [2.75, 3.05) is 27.2 Å². The summed E-state index contributed by atoms with van der Waals surface area (Å²) >= 11 is 0. The maximum atomic E-state index is 11.9. The number of methoxy groups -OCH3 is 1. The highest BCUT2D eigenvalue weighted by Gasteiger charge is 2.40. The number of para-hydroxylation sites is 1. The van der Waals surface area contributed by atoms with Crippen LogP contribution in [-0.2, 0) is 11.3 Å². The molecule has 0 radical (unpaired) electrons. The lowest BCUT2D eigenvalue weighted by molar-refractivity contribution is -0.127. The molecule has 0 N–H and O–H groups in total. The summed E-state index contributed by atoms with van der Waals surface area (Å²) in [6.45, 7) is 2.80. The summed E-state index contributed by atoms with van der Waals surface area (Å²) in [4.78, 5) is 21.1. The van der Waals surface area contributed by atoms with Crippen LogP contribution in [0.4, 0.5) is 0 Å². The molecule has 2 saturated heterocycles. The first-order valence-corrected chi connectivity index (χ1v) is 8.56. The number of carbonyl (C=O) groups is 1. The van der Waals surface area contributed by atoms with Gasteiger partial charge in [-0.25, -0.2) is 4.98 Å². The van der Waals surface area contributed by atoms with Gasteiger partial charge in [0.25, 0.3) is 0 Å². The number of aromatic nitrogens is 1. The Morgan fingerprint density at radius 1 is 1.29 bits per heavy atom. The number of piperidine rings is 1. The molecule has 126 valence electrons. The Hall–Kier alpha value is -2.14. The molecule has 5 nitrogen and oxygen atoms in total. The molecule has 3 heterocycles. The lowest BCUT2D eigenvalue weighted by Crippen LogP contribution is -2.47. The first-order valence-electron chi connectivity index (χ1n) is 8.56. The van der Waals surface area contributed by atoms with E-state index in [1.165, 1.54) is 0 Å². The highest BCUT2D eigenvalue weighted by atomic mass is 16.5. The molecule has 1 aromatic carbocycles. The highest BCUT2D eigenvalue weighted by molar-refractivity contribution is 5.84. The SMILES string of the molecule is COc1cccc2ccc(CN3CC[C@@H]4CC(=O)N(C)[C@@H]4C3)nc12. The van der Waals surface area contributed by atoms with Gasteiger partial charge in [0, 0.05) is 38.0 Å². The topological polar surface area (TPSA) is 45.7 Å². The summed E-state index contributed by atoms with van der Waals surface area (Å²) in [7, 11) is 3.62. The van der Waals surface area contributed by atoms with Crippen molar-refractivity contribution in [1.82, 2.24) is 14.8 Å². The summed E-state index contributed by atoms with van der Waals surface area (Å²) in [6.07, 6.45) is 1.82. The third-order valence-corrected chi connectivity index (χ3v) is 5.48. The van der Waals surface area contributed by atoms with Gasteiger partial charge < -0.3 is 9.64 Å². The largest absolute Gasteiger partial charge is 0.494 e. The fourth-order valence-corrected chi connectivity index (χ4v) is 4.06. The molecule has 2 atom stereocenters. The number of hydrogen-bond acceptors (Lipinski definition) is 4. The summed E-state index contributed by atoms with van der Waals surface area (Å²) in [5, 5.41) is 1.10. The Morgan fingerprint density at radius 3 is 3.00 bits per heavy atom. The highest BCUT2D eigenvalue weighted by Crippen LogP contribution is 2.32. The van der Waals surface area contributed by atoms with Gasteiger partial charge in [-0.1, -0.05) is 18.2 Å². The Balaban J connectivity index is 1.53. The van der Waals surface area contributed by atoms with E-state index >= 15 is 0 Å². The molecule has 1 aromatic heterocycles. The van der Waals surface area contributed by atoms with E-state index in [9.17, 15) is 4.79 Å². The Bertz CT molecular complexity index is 776. The minimum Gasteiger partial charge on any atom is -0.494 e. The lowest BCUT2D eigenvalue weighted by Gasteiger charge is -2.36. The molecule has 2 aliphatic heterocycles. The number of rotatable bonds is 3. The molecular formula is C19H23N3O2. The van der Waals surface area contributed by atoms with Gasteiger partial charge in [0.2, 0.25) is 5.91 Å². The maximum absolute atomic E-state index is 11.9. The Labute approximate surface area is 142 Å². The van der Waals surface area contributed by atoms with Crippen molar-refractivity contribution >= 4 is 16.8 Å². The van der Waals surface area contributed by atoms with Gasteiger partial charge >= 0.3 is 0 Å². The van der Waals surface area contributed by atoms with Crippen molar-refractivity contribution < 1.29 is 9.53 Å². The molecule has 2 fully saturated rings. The van der Waals surface area contributed by atoms with Crippen LogP contribution < -0.4 is 4.74 Å². The number of amides is 1. The smallest absolute Gasteiger partial charge is 0.222 e. The number of hydrogen-bond donors (Lipinski definition) is 0. The van der Waals surface area contributed by atoms with E-state index in [-0.39, 0.29) is 0 Å². The maximum Gasteiger partial charge on any atom is 0.222 e. The van der Waals surface area contributed by atoms with E-state index in [0.717, 1.165) is 54.8 Å². The minimum absolute atomic E-state index is 0.292.